The van der Waals surface area contributed by atoms with Gasteiger partial charge < -0.3 is 10.4 Å². The smallest absolute Gasteiger partial charge is 0.408 e. The molecule has 0 bridgehead atoms. The van der Waals surface area contributed by atoms with E-state index in [1.165, 1.54) is 4.68 Å². The maximum atomic E-state index is 13.2. The number of anilines is 1. The van der Waals surface area contributed by atoms with Gasteiger partial charge in [-0.2, -0.15) is 5.10 Å². The van der Waals surface area contributed by atoms with Crippen molar-refractivity contribution in [3.05, 3.63) is 10.7 Å². The van der Waals surface area contributed by atoms with Crippen molar-refractivity contribution >= 4 is 33.7 Å². The van der Waals surface area contributed by atoms with E-state index in [-0.39, 0.29) is 18.8 Å². The SMILES string of the molecule is Cn1nc(NC(=O)[C@@H]2C[C@@H](F)CN2C(=O)O)cc1Br. The van der Waals surface area contributed by atoms with Crippen LogP contribution in [0.1, 0.15) is 6.42 Å². The molecule has 0 saturated carbocycles. The highest BCUT2D eigenvalue weighted by atomic mass is 79.9. The number of nitrogens with one attached hydrogen (secondary N) is 1. The number of aryl methyl sites for hydroxylation is 1. The lowest BCUT2D eigenvalue weighted by atomic mass is 10.2. The molecule has 1 aromatic heterocycles. The third-order valence-corrected chi connectivity index (χ3v) is 3.61. The molecule has 2 heterocycles. The molecule has 2 atom stereocenters. The van der Waals surface area contributed by atoms with Crippen molar-refractivity contribution in [1.29, 1.82) is 0 Å². The van der Waals surface area contributed by atoms with Crippen molar-refractivity contribution in [3.63, 3.8) is 0 Å². The number of amides is 2. The maximum Gasteiger partial charge on any atom is 0.408 e. The second kappa shape index (κ2) is 5.16. The molecule has 1 aliphatic heterocycles. The lowest BCUT2D eigenvalue weighted by Crippen LogP contribution is -2.42. The number of alkyl halides is 1. The minimum atomic E-state index is -1.32. The van der Waals surface area contributed by atoms with Gasteiger partial charge >= 0.3 is 6.09 Å². The molecule has 2 N–H and O–H groups in total. The van der Waals surface area contributed by atoms with Gasteiger partial charge in [-0.1, -0.05) is 0 Å². The number of carbonyl (C=O) groups excluding carboxylic acids is 1. The Kier molecular flexibility index (Phi) is 3.74. The fourth-order valence-corrected chi connectivity index (χ4v) is 2.26. The Morgan fingerprint density at radius 1 is 1.63 bits per heavy atom. The van der Waals surface area contributed by atoms with Crippen LogP contribution in [0.25, 0.3) is 0 Å². The minimum absolute atomic E-state index is 0.133. The highest BCUT2D eigenvalue weighted by Crippen LogP contribution is 2.22. The number of hydrogen-bond acceptors (Lipinski definition) is 3. The van der Waals surface area contributed by atoms with Crippen LogP contribution in [0.5, 0.6) is 0 Å². The Morgan fingerprint density at radius 3 is 2.84 bits per heavy atom. The summed E-state index contributed by atoms with van der Waals surface area (Å²) < 4.78 is 15.4. The number of halogens is 2. The number of nitrogens with zero attached hydrogens (tertiary/aromatic N) is 3. The first-order valence-corrected chi connectivity index (χ1v) is 6.32. The number of carbonyl (C=O) groups is 2. The largest absolute Gasteiger partial charge is 0.465 e. The van der Waals surface area contributed by atoms with Crippen LogP contribution in [0.2, 0.25) is 0 Å². The highest BCUT2D eigenvalue weighted by molar-refractivity contribution is 9.10. The second-order valence-electron chi connectivity index (χ2n) is 4.25. The Balaban J connectivity index is 2.08. The Bertz CT molecular complexity index is 501. The maximum absolute atomic E-state index is 13.2. The molecule has 2 amide bonds. The van der Waals surface area contributed by atoms with E-state index >= 15 is 0 Å². The van der Waals surface area contributed by atoms with Crippen LogP contribution in [-0.2, 0) is 11.8 Å². The lowest BCUT2D eigenvalue weighted by molar-refractivity contribution is -0.120. The van der Waals surface area contributed by atoms with Gasteiger partial charge in [0.1, 0.15) is 16.8 Å². The monoisotopic (exact) mass is 334 g/mol. The Labute approximate surface area is 116 Å². The van der Waals surface area contributed by atoms with Crippen LogP contribution in [0.4, 0.5) is 15.0 Å². The Morgan fingerprint density at radius 2 is 2.32 bits per heavy atom. The predicted molar refractivity (Wildman–Crippen MR) is 67.6 cm³/mol. The first-order valence-electron chi connectivity index (χ1n) is 5.52. The average Bonchev–Trinajstić information content (AvgIpc) is 2.83. The molecule has 1 saturated heterocycles. The quantitative estimate of drug-likeness (QED) is 0.851. The van der Waals surface area contributed by atoms with Gasteiger partial charge in [0.2, 0.25) is 5.91 Å². The van der Waals surface area contributed by atoms with Crippen molar-refractivity contribution in [1.82, 2.24) is 14.7 Å². The molecule has 9 heteroatoms. The molecule has 0 spiro atoms. The van der Waals surface area contributed by atoms with Crippen LogP contribution < -0.4 is 5.32 Å². The molecule has 2 rings (SSSR count). The normalized spacial score (nSPS) is 22.6. The summed E-state index contributed by atoms with van der Waals surface area (Å²) in [4.78, 5) is 23.7. The zero-order chi connectivity index (χ0) is 14.2. The van der Waals surface area contributed by atoms with Crippen LogP contribution in [-0.4, -0.2) is 50.5 Å². The second-order valence-corrected chi connectivity index (χ2v) is 5.06. The average molecular weight is 335 g/mol. The van der Waals surface area contributed by atoms with Gasteiger partial charge in [-0.15, -0.1) is 0 Å². The standard InChI is InChI=1S/C10H12BrFN4O3/c1-15-7(11)3-8(14-15)13-9(17)6-2-5(12)4-16(6)10(18)19/h3,5-6H,2,4H2,1H3,(H,18,19)(H,13,14,17)/t5-,6+/m1/s1. The van der Waals surface area contributed by atoms with Crippen LogP contribution in [0.3, 0.4) is 0 Å². The van der Waals surface area contributed by atoms with Gasteiger partial charge in [0, 0.05) is 19.5 Å². The minimum Gasteiger partial charge on any atom is -0.465 e. The molecule has 1 aromatic rings. The van der Waals surface area contributed by atoms with Crippen LogP contribution in [0, 0.1) is 0 Å². The fraction of sp³-hybridized carbons (Fsp3) is 0.500. The zero-order valence-electron chi connectivity index (χ0n) is 10.0. The van der Waals surface area contributed by atoms with Crippen molar-refractivity contribution < 1.29 is 19.1 Å². The van der Waals surface area contributed by atoms with Crippen molar-refractivity contribution in [3.8, 4) is 0 Å². The van der Waals surface area contributed by atoms with Gasteiger partial charge in [-0.3, -0.25) is 14.4 Å². The van der Waals surface area contributed by atoms with E-state index < -0.39 is 24.2 Å². The summed E-state index contributed by atoms with van der Waals surface area (Å²) in [5.74, 6) is -0.292. The molecule has 0 radical (unpaired) electrons. The number of rotatable bonds is 2. The molecular weight excluding hydrogens is 323 g/mol. The third kappa shape index (κ3) is 2.86. The summed E-state index contributed by atoms with van der Waals surface area (Å²) in [7, 11) is 1.68. The van der Waals surface area contributed by atoms with Crippen molar-refractivity contribution in [2.75, 3.05) is 11.9 Å². The molecule has 7 nitrogen and oxygen atoms in total. The van der Waals surface area contributed by atoms with E-state index in [9.17, 15) is 14.0 Å². The molecule has 0 unspecified atom stereocenters. The van der Waals surface area contributed by atoms with Crippen LogP contribution >= 0.6 is 15.9 Å². The van der Waals surface area contributed by atoms with Gasteiger partial charge in [0.25, 0.3) is 0 Å². The van der Waals surface area contributed by atoms with E-state index in [1.54, 1.807) is 13.1 Å². The summed E-state index contributed by atoms with van der Waals surface area (Å²) in [5.41, 5.74) is 0. The summed E-state index contributed by atoms with van der Waals surface area (Å²) >= 11 is 3.22. The van der Waals surface area contributed by atoms with Crippen LogP contribution in [0.15, 0.2) is 10.7 Å². The van der Waals surface area contributed by atoms with E-state index in [1.807, 2.05) is 0 Å². The summed E-state index contributed by atoms with van der Waals surface area (Å²) in [6.07, 6.45) is -2.75. The third-order valence-electron chi connectivity index (χ3n) is 2.87. The first-order chi connectivity index (χ1) is 8.88. The zero-order valence-corrected chi connectivity index (χ0v) is 11.6. The first kappa shape index (κ1) is 13.8. The lowest BCUT2D eigenvalue weighted by Gasteiger charge is -2.19. The summed E-state index contributed by atoms with van der Waals surface area (Å²) in [6.45, 7) is -0.278. The van der Waals surface area contributed by atoms with Crippen molar-refractivity contribution in [2.24, 2.45) is 7.05 Å². The topological polar surface area (TPSA) is 87.5 Å². The van der Waals surface area contributed by atoms with Gasteiger partial charge in [0.15, 0.2) is 5.82 Å². The van der Waals surface area contributed by atoms with E-state index in [2.05, 4.69) is 26.3 Å². The number of hydrogen-bond donors (Lipinski definition) is 2. The molecule has 104 valence electrons. The molecule has 1 aliphatic rings. The molecule has 19 heavy (non-hydrogen) atoms. The molecule has 0 aliphatic carbocycles. The predicted octanol–water partition coefficient (Wildman–Crippen LogP) is 1.21. The number of likely N-dealkylation sites (tertiary alicyclic amines) is 1. The van der Waals surface area contributed by atoms with E-state index in [0.29, 0.717) is 4.60 Å². The van der Waals surface area contributed by atoms with E-state index in [4.69, 9.17) is 5.11 Å². The van der Waals surface area contributed by atoms with E-state index in [0.717, 1.165) is 4.90 Å². The molecular formula is C10H12BrFN4O3. The molecule has 0 aromatic carbocycles. The number of aromatic nitrogens is 2. The highest BCUT2D eigenvalue weighted by Gasteiger charge is 2.40. The summed E-state index contributed by atoms with van der Waals surface area (Å²) in [6, 6.07) is 0.554. The number of carboxylic acid groups (broad SMARTS) is 1. The van der Waals surface area contributed by atoms with Gasteiger partial charge in [-0.05, 0) is 15.9 Å². The van der Waals surface area contributed by atoms with Gasteiger partial charge in [-0.25, -0.2) is 9.18 Å². The fourth-order valence-electron chi connectivity index (χ4n) is 1.96. The molecule has 1 fully saturated rings. The summed E-state index contributed by atoms with van der Waals surface area (Å²) in [5, 5.41) is 15.4. The van der Waals surface area contributed by atoms with Crippen molar-refractivity contribution in [2.45, 2.75) is 18.6 Å². The van der Waals surface area contributed by atoms with Gasteiger partial charge in [0.05, 0.1) is 6.54 Å². The Hall–Kier alpha value is -1.64.